The predicted octanol–water partition coefficient (Wildman–Crippen LogP) is -0.632. The fourth-order valence-corrected chi connectivity index (χ4v) is 0.301. The second-order valence-corrected chi connectivity index (χ2v) is 1.81. The van der Waals surface area contributed by atoms with Crippen molar-refractivity contribution in [3.63, 3.8) is 0 Å². The van der Waals surface area contributed by atoms with E-state index in [0.717, 1.165) is 0 Å². The lowest BCUT2D eigenvalue weighted by molar-refractivity contribution is -0.939. The van der Waals surface area contributed by atoms with Crippen molar-refractivity contribution in [1.29, 1.82) is 0 Å². The van der Waals surface area contributed by atoms with Gasteiger partial charge in [-0.05, 0) is 10.8 Å². The average Bonchev–Trinajstić information content (AvgIpc) is 1.84. The summed E-state index contributed by atoms with van der Waals surface area (Å²) in [5.74, 6) is 0. The monoisotopic (exact) mass is 102 g/mol. The second-order valence-electron chi connectivity index (χ2n) is 1.81. The van der Waals surface area contributed by atoms with Gasteiger partial charge in [-0.3, -0.25) is 0 Å². The van der Waals surface area contributed by atoms with E-state index in [9.17, 15) is 0 Å². The highest BCUT2D eigenvalue weighted by atomic mass is 16.0. The highest BCUT2D eigenvalue weighted by molar-refractivity contribution is 4.09. The molecule has 0 aromatic rings. The Morgan fingerprint density at radius 3 is 2.29 bits per heavy atom. The molecule has 0 radical (unpaired) electrons. The summed E-state index contributed by atoms with van der Waals surface area (Å²) in [5, 5.41) is 7.18. The normalized spacial score (nSPS) is 24.9. The maximum atomic E-state index is 3.71. The van der Waals surface area contributed by atoms with E-state index >= 15 is 0 Å². The van der Waals surface area contributed by atoms with Gasteiger partial charge in [0, 0.05) is 0 Å². The summed E-state index contributed by atoms with van der Waals surface area (Å²) in [6.45, 7) is 0. The summed E-state index contributed by atoms with van der Waals surface area (Å²) in [5.41, 5.74) is 5.24. The molecular weight excluding hydrogens is 94.1 g/mol. The molecule has 0 atom stereocenters. The molecule has 0 unspecified atom stereocenters. The first kappa shape index (κ1) is 4.48. The van der Waals surface area contributed by atoms with Crippen LogP contribution in [-0.2, 0) is 0 Å². The van der Waals surface area contributed by atoms with E-state index in [-0.39, 0.29) is 0 Å². The minimum atomic E-state index is 0.347. The summed E-state index contributed by atoms with van der Waals surface area (Å²) in [4.78, 5) is 0. The summed E-state index contributed by atoms with van der Waals surface area (Å²) < 4.78 is 0.347. The molecule has 0 aromatic heterocycles. The lowest BCUT2D eigenvalue weighted by Crippen LogP contribution is -2.47. The Hall–Kier alpha value is -0.680. The van der Waals surface area contributed by atoms with Crippen LogP contribution in [0.5, 0.6) is 0 Å². The van der Waals surface area contributed by atoms with Gasteiger partial charge in [0.15, 0.2) is 0 Å². The lowest BCUT2D eigenvalue weighted by atomic mass is 11.1. The molecule has 0 spiro atoms. The Morgan fingerprint density at radius 2 is 2.14 bits per heavy atom. The van der Waals surface area contributed by atoms with Crippen molar-refractivity contribution < 1.29 is 4.70 Å². The summed E-state index contributed by atoms with van der Waals surface area (Å²) in [7, 11) is 3.73. The summed E-state index contributed by atoms with van der Waals surface area (Å²) in [6.07, 6.45) is 0. The van der Waals surface area contributed by atoms with Gasteiger partial charge in [-0.1, -0.05) is 4.70 Å². The van der Waals surface area contributed by atoms with Crippen molar-refractivity contribution in [2.24, 2.45) is 10.4 Å². The minimum absolute atomic E-state index is 0.347. The van der Waals surface area contributed by atoms with Crippen LogP contribution in [0.2, 0.25) is 0 Å². The van der Waals surface area contributed by atoms with Gasteiger partial charge in [0.2, 0.25) is 0 Å². The van der Waals surface area contributed by atoms with Crippen LogP contribution in [0.4, 0.5) is 0 Å². The zero-order valence-electron chi connectivity index (χ0n) is 4.34. The molecule has 5 heteroatoms. The van der Waals surface area contributed by atoms with E-state index < -0.39 is 0 Å². The van der Waals surface area contributed by atoms with E-state index in [1.54, 1.807) is 0 Å². The van der Waals surface area contributed by atoms with Gasteiger partial charge in [0.1, 0.15) is 14.1 Å². The van der Waals surface area contributed by atoms with E-state index in [0.29, 0.717) is 4.70 Å². The van der Waals surface area contributed by atoms with Gasteiger partial charge in [0.25, 0.3) is 0 Å². The number of hydrogen-bond acceptors (Lipinski definition) is 4. The fourth-order valence-electron chi connectivity index (χ4n) is 0.301. The van der Waals surface area contributed by atoms with Gasteiger partial charge < -0.3 is 0 Å². The Balaban J connectivity index is 2.57. The lowest BCUT2D eigenvalue weighted by Gasteiger charge is -2.10. The van der Waals surface area contributed by atoms with Crippen LogP contribution >= 0.6 is 0 Å². The predicted molar refractivity (Wildman–Crippen MR) is 23.2 cm³/mol. The molecule has 0 amide bonds. The van der Waals surface area contributed by atoms with Crippen LogP contribution < -0.4 is 11.1 Å². The third-order valence-corrected chi connectivity index (χ3v) is 0.642. The number of rotatable bonds is 0. The van der Waals surface area contributed by atoms with Gasteiger partial charge in [-0.15, -0.1) is 0 Å². The van der Waals surface area contributed by atoms with Crippen molar-refractivity contribution in [1.82, 2.24) is 11.1 Å². The smallest absolute Gasteiger partial charge is 0.116 e. The van der Waals surface area contributed by atoms with Crippen molar-refractivity contribution in [3.8, 4) is 0 Å². The van der Waals surface area contributed by atoms with Crippen molar-refractivity contribution in [2.45, 2.75) is 0 Å². The Kier molecular flexibility index (Phi) is 0.731. The number of quaternary nitrogens is 1. The van der Waals surface area contributed by atoms with Crippen LogP contribution in [0, 0.1) is 0 Å². The third-order valence-electron chi connectivity index (χ3n) is 0.642. The molecule has 1 aliphatic rings. The highest BCUT2D eigenvalue weighted by Gasteiger charge is 2.17. The third kappa shape index (κ3) is 0.847. The van der Waals surface area contributed by atoms with Crippen LogP contribution in [0.15, 0.2) is 10.4 Å². The molecule has 2 N–H and O–H groups in total. The molecule has 0 bridgehead atoms. The van der Waals surface area contributed by atoms with Crippen LogP contribution in [0.3, 0.4) is 0 Å². The van der Waals surface area contributed by atoms with Gasteiger partial charge >= 0.3 is 0 Å². The SMILES string of the molecule is C[N+]1(C)N=NNN1. The fraction of sp³-hybridized carbons (Fsp3) is 1.00. The van der Waals surface area contributed by atoms with Gasteiger partial charge in [-0.2, -0.15) is 5.53 Å². The van der Waals surface area contributed by atoms with Crippen molar-refractivity contribution in [2.75, 3.05) is 14.1 Å². The number of nitrogens with zero attached hydrogens (tertiary/aromatic N) is 3. The van der Waals surface area contributed by atoms with Gasteiger partial charge in [-0.25, -0.2) is 0 Å². The van der Waals surface area contributed by atoms with Crippen molar-refractivity contribution >= 4 is 0 Å². The molecule has 0 fully saturated rings. The minimum Gasteiger partial charge on any atom is -0.173 e. The first-order chi connectivity index (χ1) is 3.21. The van der Waals surface area contributed by atoms with E-state index in [1.807, 2.05) is 14.1 Å². The molecule has 0 aliphatic carbocycles. The van der Waals surface area contributed by atoms with Crippen LogP contribution in [-0.4, -0.2) is 18.8 Å². The molecular formula is C2H8N5+. The second kappa shape index (κ2) is 1.14. The maximum Gasteiger partial charge on any atom is 0.116 e. The number of nitrogens with one attached hydrogen (secondary N) is 2. The molecule has 0 aromatic carbocycles. The topological polar surface area (TPSA) is 48.8 Å². The largest absolute Gasteiger partial charge is 0.173 e. The molecule has 7 heavy (non-hydrogen) atoms. The number of hydrazine groups is 1. The molecule has 1 heterocycles. The molecule has 1 rings (SSSR count). The zero-order valence-corrected chi connectivity index (χ0v) is 4.34. The Labute approximate surface area is 41.5 Å². The summed E-state index contributed by atoms with van der Waals surface area (Å²) in [6, 6.07) is 0. The summed E-state index contributed by atoms with van der Waals surface area (Å²) >= 11 is 0. The molecule has 5 nitrogen and oxygen atoms in total. The van der Waals surface area contributed by atoms with E-state index in [4.69, 9.17) is 0 Å². The maximum absolute atomic E-state index is 3.71. The molecule has 40 valence electrons. The standard InChI is InChI=1S/C2H8N5/c1-7(2)5-3-4-6-7/h1-2H3,(H,3,6)(H,4,5)/q+1. The molecule has 1 aliphatic heterocycles. The van der Waals surface area contributed by atoms with Crippen LogP contribution in [0.25, 0.3) is 0 Å². The van der Waals surface area contributed by atoms with E-state index in [2.05, 4.69) is 21.5 Å². The van der Waals surface area contributed by atoms with Crippen LogP contribution in [0.1, 0.15) is 0 Å². The molecule has 0 saturated carbocycles. The van der Waals surface area contributed by atoms with Gasteiger partial charge in [0.05, 0.1) is 5.22 Å². The first-order valence-electron chi connectivity index (χ1n) is 1.99. The van der Waals surface area contributed by atoms with E-state index in [1.165, 1.54) is 0 Å². The van der Waals surface area contributed by atoms with Crippen molar-refractivity contribution in [3.05, 3.63) is 0 Å². The molecule has 0 saturated heterocycles. The Bertz CT molecular complexity index is 94.3. The number of hydrogen-bond donors (Lipinski definition) is 2. The highest BCUT2D eigenvalue weighted by Crippen LogP contribution is 1.93. The zero-order chi connectivity index (χ0) is 5.33. The Morgan fingerprint density at radius 1 is 1.43 bits per heavy atom. The average molecular weight is 102 g/mol. The first-order valence-corrected chi connectivity index (χ1v) is 1.99. The quantitative estimate of drug-likeness (QED) is 0.400.